The topological polar surface area (TPSA) is 50.4 Å². The van der Waals surface area contributed by atoms with Crippen LogP contribution in [0.3, 0.4) is 0 Å². The molecule has 1 aliphatic heterocycles. The predicted molar refractivity (Wildman–Crippen MR) is 62.2 cm³/mol. The Morgan fingerprint density at radius 3 is 2.94 bits per heavy atom. The van der Waals surface area contributed by atoms with E-state index in [0.717, 1.165) is 26.2 Å². The van der Waals surface area contributed by atoms with Crippen LogP contribution in [0.15, 0.2) is 0 Å². The highest BCUT2D eigenvalue weighted by molar-refractivity contribution is 5.76. The number of amides is 1. The minimum absolute atomic E-state index is 0.0607. The molecule has 0 spiro atoms. The number of carbonyl (C=O) groups excluding carboxylic acids is 1. The van der Waals surface area contributed by atoms with Gasteiger partial charge in [0.05, 0.1) is 19.1 Å². The summed E-state index contributed by atoms with van der Waals surface area (Å²) in [6, 6.07) is 0. The van der Waals surface area contributed by atoms with Crippen molar-refractivity contribution >= 4 is 5.91 Å². The normalized spacial score (nSPS) is 27.4. The van der Waals surface area contributed by atoms with Crippen LogP contribution >= 0.6 is 0 Å². The molecule has 0 aromatic heterocycles. The zero-order valence-electron chi connectivity index (χ0n) is 10.1. The lowest BCUT2D eigenvalue weighted by Crippen LogP contribution is -2.42. The van der Waals surface area contributed by atoms with Gasteiger partial charge >= 0.3 is 0 Å². The minimum atomic E-state index is 0.0607. The van der Waals surface area contributed by atoms with Gasteiger partial charge in [0.25, 0.3) is 0 Å². The van der Waals surface area contributed by atoms with E-state index < -0.39 is 0 Å². The highest BCUT2D eigenvalue weighted by Crippen LogP contribution is 2.47. The fourth-order valence-electron chi connectivity index (χ4n) is 2.15. The molecular formula is C12H22N2O2. The largest absolute Gasteiger partial charge is 0.375 e. The second-order valence-corrected chi connectivity index (χ2v) is 5.03. The Kier molecular flexibility index (Phi) is 3.82. The highest BCUT2D eigenvalue weighted by Gasteiger charge is 2.40. The molecule has 1 unspecified atom stereocenters. The average molecular weight is 226 g/mol. The van der Waals surface area contributed by atoms with E-state index in [9.17, 15) is 4.79 Å². The Morgan fingerprint density at radius 1 is 1.56 bits per heavy atom. The lowest BCUT2D eigenvalue weighted by atomic mass is 10.0. The monoisotopic (exact) mass is 226 g/mol. The van der Waals surface area contributed by atoms with Crippen molar-refractivity contribution in [2.75, 3.05) is 26.2 Å². The molecule has 92 valence electrons. The van der Waals surface area contributed by atoms with Gasteiger partial charge < -0.3 is 15.4 Å². The van der Waals surface area contributed by atoms with Gasteiger partial charge in [0, 0.05) is 19.6 Å². The lowest BCUT2D eigenvalue weighted by Gasteiger charge is -2.23. The molecule has 1 saturated heterocycles. The van der Waals surface area contributed by atoms with E-state index in [1.807, 2.05) is 0 Å². The summed E-state index contributed by atoms with van der Waals surface area (Å²) < 4.78 is 5.50. The van der Waals surface area contributed by atoms with E-state index in [1.54, 1.807) is 0 Å². The number of nitrogens with one attached hydrogen (secondary N) is 2. The van der Waals surface area contributed by atoms with Crippen LogP contribution in [0.5, 0.6) is 0 Å². The standard InChI is InChI=1S/C12H22N2O2/c1-2-12(3-4-12)9-14-11(15)7-10-8-13-5-6-16-10/h10,13H,2-9H2,1H3,(H,14,15). The number of morpholine rings is 1. The molecule has 2 aliphatic rings. The fraction of sp³-hybridized carbons (Fsp3) is 0.917. The van der Waals surface area contributed by atoms with Crippen molar-refractivity contribution in [3.63, 3.8) is 0 Å². The Morgan fingerprint density at radius 2 is 2.38 bits per heavy atom. The van der Waals surface area contributed by atoms with Gasteiger partial charge in [0.2, 0.25) is 5.91 Å². The maximum Gasteiger partial charge on any atom is 0.222 e. The zero-order chi connectivity index (χ0) is 11.4. The zero-order valence-corrected chi connectivity index (χ0v) is 10.1. The fourth-order valence-corrected chi connectivity index (χ4v) is 2.15. The minimum Gasteiger partial charge on any atom is -0.375 e. The molecule has 2 N–H and O–H groups in total. The van der Waals surface area contributed by atoms with Crippen LogP contribution in [0.4, 0.5) is 0 Å². The summed E-state index contributed by atoms with van der Waals surface area (Å²) in [7, 11) is 0. The number of hydrogen-bond acceptors (Lipinski definition) is 3. The molecule has 1 aliphatic carbocycles. The number of carbonyl (C=O) groups is 1. The summed E-state index contributed by atoms with van der Waals surface area (Å²) in [5.74, 6) is 0.133. The van der Waals surface area contributed by atoms with Crippen LogP contribution in [-0.2, 0) is 9.53 Å². The first-order valence-electron chi connectivity index (χ1n) is 6.33. The number of hydrogen-bond donors (Lipinski definition) is 2. The second kappa shape index (κ2) is 5.15. The molecule has 0 aromatic rings. The van der Waals surface area contributed by atoms with Crippen LogP contribution in [-0.4, -0.2) is 38.3 Å². The molecule has 1 heterocycles. The van der Waals surface area contributed by atoms with E-state index in [2.05, 4.69) is 17.6 Å². The van der Waals surface area contributed by atoms with E-state index in [0.29, 0.717) is 11.8 Å². The Labute approximate surface area is 97.1 Å². The van der Waals surface area contributed by atoms with Gasteiger partial charge in [-0.1, -0.05) is 6.92 Å². The highest BCUT2D eigenvalue weighted by atomic mass is 16.5. The molecular weight excluding hydrogens is 204 g/mol. The summed E-state index contributed by atoms with van der Waals surface area (Å²) in [6.45, 7) is 5.47. The van der Waals surface area contributed by atoms with Crippen molar-refractivity contribution in [1.82, 2.24) is 10.6 Å². The summed E-state index contributed by atoms with van der Waals surface area (Å²) in [5.41, 5.74) is 0.432. The first kappa shape index (κ1) is 11.9. The molecule has 1 saturated carbocycles. The van der Waals surface area contributed by atoms with Crippen molar-refractivity contribution in [1.29, 1.82) is 0 Å². The van der Waals surface area contributed by atoms with E-state index in [-0.39, 0.29) is 12.0 Å². The molecule has 16 heavy (non-hydrogen) atoms. The van der Waals surface area contributed by atoms with Gasteiger partial charge in [0.15, 0.2) is 0 Å². The molecule has 0 aromatic carbocycles. The van der Waals surface area contributed by atoms with Crippen molar-refractivity contribution in [2.45, 2.75) is 38.7 Å². The Bertz CT molecular complexity index is 245. The first-order valence-corrected chi connectivity index (χ1v) is 6.33. The number of rotatable bonds is 5. The lowest BCUT2D eigenvalue weighted by molar-refractivity contribution is -0.124. The Balaban J connectivity index is 1.64. The summed E-state index contributed by atoms with van der Waals surface area (Å²) >= 11 is 0. The molecule has 2 rings (SSSR count). The van der Waals surface area contributed by atoms with Gasteiger partial charge in [-0.25, -0.2) is 0 Å². The predicted octanol–water partition coefficient (Wildman–Crippen LogP) is 0.671. The number of ether oxygens (including phenoxy) is 1. The Hall–Kier alpha value is -0.610. The molecule has 4 heteroatoms. The van der Waals surface area contributed by atoms with E-state index in [4.69, 9.17) is 4.74 Å². The third-order valence-electron chi connectivity index (χ3n) is 3.79. The van der Waals surface area contributed by atoms with Gasteiger partial charge in [-0.15, -0.1) is 0 Å². The van der Waals surface area contributed by atoms with Crippen LogP contribution in [0.2, 0.25) is 0 Å². The van der Waals surface area contributed by atoms with Crippen molar-refractivity contribution in [3.8, 4) is 0 Å². The van der Waals surface area contributed by atoms with E-state index in [1.165, 1.54) is 19.3 Å². The van der Waals surface area contributed by atoms with Gasteiger partial charge in [-0.3, -0.25) is 4.79 Å². The van der Waals surface area contributed by atoms with Gasteiger partial charge in [-0.2, -0.15) is 0 Å². The molecule has 4 nitrogen and oxygen atoms in total. The third-order valence-corrected chi connectivity index (χ3v) is 3.79. The summed E-state index contributed by atoms with van der Waals surface area (Å²) in [5, 5.41) is 6.27. The summed E-state index contributed by atoms with van der Waals surface area (Å²) in [6.07, 6.45) is 4.27. The molecule has 1 atom stereocenters. The third kappa shape index (κ3) is 3.19. The van der Waals surface area contributed by atoms with Crippen LogP contribution in [0, 0.1) is 5.41 Å². The van der Waals surface area contributed by atoms with Crippen LogP contribution in [0.25, 0.3) is 0 Å². The van der Waals surface area contributed by atoms with Gasteiger partial charge in [-0.05, 0) is 24.7 Å². The molecule has 2 fully saturated rings. The van der Waals surface area contributed by atoms with E-state index >= 15 is 0 Å². The first-order chi connectivity index (χ1) is 7.74. The van der Waals surface area contributed by atoms with Crippen molar-refractivity contribution in [2.24, 2.45) is 5.41 Å². The smallest absolute Gasteiger partial charge is 0.222 e. The van der Waals surface area contributed by atoms with Crippen molar-refractivity contribution < 1.29 is 9.53 Å². The molecule has 1 amide bonds. The molecule has 0 radical (unpaired) electrons. The van der Waals surface area contributed by atoms with Crippen molar-refractivity contribution in [3.05, 3.63) is 0 Å². The maximum absolute atomic E-state index is 11.7. The van der Waals surface area contributed by atoms with Crippen LogP contribution in [0.1, 0.15) is 32.6 Å². The second-order valence-electron chi connectivity index (χ2n) is 5.03. The molecule has 0 bridgehead atoms. The SMILES string of the molecule is CCC1(CNC(=O)CC2CNCCO2)CC1. The average Bonchev–Trinajstić information content (AvgIpc) is 3.09. The summed E-state index contributed by atoms with van der Waals surface area (Å²) in [4.78, 5) is 11.7. The quantitative estimate of drug-likeness (QED) is 0.724. The maximum atomic E-state index is 11.7. The van der Waals surface area contributed by atoms with Crippen LogP contribution < -0.4 is 10.6 Å². The van der Waals surface area contributed by atoms with Gasteiger partial charge in [0.1, 0.15) is 0 Å².